The molecule has 0 aliphatic heterocycles. The summed E-state index contributed by atoms with van der Waals surface area (Å²) in [5, 5.41) is 14.0. The molecule has 116 valence electrons. The monoisotopic (exact) mass is 320 g/mol. The second kappa shape index (κ2) is 6.62. The maximum Gasteiger partial charge on any atom is 0.413 e. The van der Waals surface area contributed by atoms with Gasteiger partial charge in [-0.2, -0.15) is 0 Å². The zero-order chi connectivity index (χ0) is 16.2. The fourth-order valence-corrected chi connectivity index (χ4v) is 1.76. The van der Waals surface area contributed by atoms with Crippen molar-refractivity contribution in [1.29, 1.82) is 0 Å². The number of hydrogen-bond acceptors (Lipinski definition) is 5. The van der Waals surface area contributed by atoms with Crippen molar-refractivity contribution in [3.05, 3.63) is 41.4 Å². The molecule has 2 N–H and O–H groups in total. The van der Waals surface area contributed by atoms with E-state index < -0.39 is 11.7 Å². The van der Waals surface area contributed by atoms with Gasteiger partial charge in [0.05, 0.1) is 10.7 Å². The number of halogens is 1. The summed E-state index contributed by atoms with van der Waals surface area (Å²) >= 11 is 6.05. The topological polar surface area (TPSA) is 76.1 Å². The first-order chi connectivity index (χ1) is 10.3. The molecule has 1 heterocycles. The van der Waals surface area contributed by atoms with Crippen LogP contribution in [0.25, 0.3) is 0 Å². The van der Waals surface area contributed by atoms with Crippen molar-refractivity contribution in [2.45, 2.75) is 26.4 Å². The first-order valence-corrected chi connectivity index (χ1v) is 7.06. The van der Waals surface area contributed by atoms with Gasteiger partial charge >= 0.3 is 6.09 Å². The Morgan fingerprint density at radius 2 is 1.73 bits per heavy atom. The first-order valence-electron chi connectivity index (χ1n) is 6.69. The highest BCUT2D eigenvalue weighted by molar-refractivity contribution is 6.33. The van der Waals surface area contributed by atoms with Crippen LogP contribution < -0.4 is 10.6 Å². The van der Waals surface area contributed by atoms with Gasteiger partial charge in [-0.25, -0.2) is 4.79 Å². The molecule has 0 spiro atoms. The van der Waals surface area contributed by atoms with Crippen molar-refractivity contribution in [1.82, 2.24) is 10.2 Å². The van der Waals surface area contributed by atoms with Crippen LogP contribution >= 0.6 is 11.6 Å². The molecule has 0 aliphatic carbocycles. The standard InChI is InChI=1S/C15H17ClN4O2/c1-15(2,3)22-14(21)18-13-9-8-12(19-20-13)17-11-7-5-4-6-10(11)16/h4-9H,1-3H3,(H,17,19)(H,18,20,21). The number of nitrogens with one attached hydrogen (secondary N) is 2. The SMILES string of the molecule is CC(C)(C)OC(=O)Nc1ccc(Nc2ccccc2Cl)nn1. The summed E-state index contributed by atoms with van der Waals surface area (Å²) in [6, 6.07) is 10.6. The van der Waals surface area contributed by atoms with Crippen LogP contribution in [0.4, 0.5) is 22.1 Å². The van der Waals surface area contributed by atoms with Crippen molar-refractivity contribution < 1.29 is 9.53 Å². The molecule has 0 saturated heterocycles. The maximum atomic E-state index is 11.6. The average molecular weight is 321 g/mol. The molecular weight excluding hydrogens is 304 g/mol. The van der Waals surface area contributed by atoms with Gasteiger partial charge in [-0.05, 0) is 45.0 Å². The van der Waals surface area contributed by atoms with Crippen LogP contribution in [0.5, 0.6) is 0 Å². The third kappa shape index (κ3) is 4.89. The van der Waals surface area contributed by atoms with Crippen LogP contribution in [0.1, 0.15) is 20.8 Å². The molecule has 7 heteroatoms. The molecule has 0 aliphatic rings. The molecule has 0 bridgehead atoms. The quantitative estimate of drug-likeness (QED) is 0.885. The lowest BCUT2D eigenvalue weighted by Crippen LogP contribution is -2.27. The summed E-state index contributed by atoms with van der Waals surface area (Å²) in [6.45, 7) is 5.36. The second-order valence-electron chi connectivity index (χ2n) is 5.54. The highest BCUT2D eigenvalue weighted by atomic mass is 35.5. The Labute approximate surface area is 133 Å². The zero-order valence-corrected chi connectivity index (χ0v) is 13.3. The minimum absolute atomic E-state index is 0.305. The fraction of sp³-hybridized carbons (Fsp3) is 0.267. The van der Waals surface area contributed by atoms with Crippen molar-refractivity contribution in [2.24, 2.45) is 0 Å². The van der Waals surface area contributed by atoms with Gasteiger partial charge in [0.1, 0.15) is 5.60 Å². The lowest BCUT2D eigenvalue weighted by molar-refractivity contribution is 0.0635. The van der Waals surface area contributed by atoms with E-state index in [2.05, 4.69) is 20.8 Å². The van der Waals surface area contributed by atoms with Gasteiger partial charge in [0.15, 0.2) is 11.6 Å². The number of aromatic nitrogens is 2. The summed E-state index contributed by atoms with van der Waals surface area (Å²) in [4.78, 5) is 11.6. The smallest absolute Gasteiger partial charge is 0.413 e. The molecule has 6 nitrogen and oxygen atoms in total. The van der Waals surface area contributed by atoms with Crippen molar-refractivity contribution in [3.63, 3.8) is 0 Å². The van der Waals surface area contributed by atoms with E-state index in [9.17, 15) is 4.79 Å². The van der Waals surface area contributed by atoms with Crippen LogP contribution in [0.2, 0.25) is 5.02 Å². The highest BCUT2D eigenvalue weighted by Gasteiger charge is 2.16. The summed E-state index contributed by atoms with van der Waals surface area (Å²) in [5.41, 5.74) is 0.162. The molecule has 0 fully saturated rings. The number of carbonyl (C=O) groups excluding carboxylic acids is 1. The summed E-state index contributed by atoms with van der Waals surface area (Å²) in [7, 11) is 0. The van der Waals surface area contributed by atoms with E-state index in [1.54, 1.807) is 39.0 Å². The largest absolute Gasteiger partial charge is 0.444 e. The predicted molar refractivity (Wildman–Crippen MR) is 86.6 cm³/mol. The van der Waals surface area contributed by atoms with Gasteiger partial charge in [0.25, 0.3) is 0 Å². The molecule has 0 radical (unpaired) electrons. The number of anilines is 3. The van der Waals surface area contributed by atoms with E-state index in [0.29, 0.717) is 16.7 Å². The molecule has 0 unspecified atom stereocenters. The molecular formula is C15H17ClN4O2. The molecule has 0 atom stereocenters. The van der Waals surface area contributed by atoms with Gasteiger partial charge in [-0.1, -0.05) is 23.7 Å². The summed E-state index contributed by atoms with van der Waals surface area (Å²) < 4.78 is 5.13. The molecule has 2 rings (SSSR count). The predicted octanol–water partition coefficient (Wildman–Crippen LogP) is 4.22. The molecule has 1 aromatic heterocycles. The van der Waals surface area contributed by atoms with Crippen LogP contribution in [-0.2, 0) is 4.74 Å². The van der Waals surface area contributed by atoms with Crippen LogP contribution in [-0.4, -0.2) is 21.9 Å². The Morgan fingerprint density at radius 3 is 2.32 bits per heavy atom. The molecule has 1 amide bonds. The van der Waals surface area contributed by atoms with Gasteiger partial charge < -0.3 is 10.1 Å². The number of nitrogens with zero attached hydrogens (tertiary/aromatic N) is 2. The maximum absolute atomic E-state index is 11.6. The minimum atomic E-state index is -0.575. The number of amides is 1. The molecule has 0 saturated carbocycles. The van der Waals surface area contributed by atoms with Crippen molar-refractivity contribution >= 4 is 35.0 Å². The van der Waals surface area contributed by atoms with E-state index in [1.165, 1.54) is 0 Å². The van der Waals surface area contributed by atoms with E-state index >= 15 is 0 Å². The average Bonchev–Trinajstić information content (AvgIpc) is 2.41. The summed E-state index contributed by atoms with van der Waals surface area (Å²) in [6.07, 6.45) is -0.575. The molecule has 1 aromatic carbocycles. The number of rotatable bonds is 3. The van der Waals surface area contributed by atoms with Crippen molar-refractivity contribution in [2.75, 3.05) is 10.6 Å². The summed E-state index contributed by atoms with van der Waals surface area (Å²) in [5.74, 6) is 0.821. The molecule has 2 aromatic rings. The van der Waals surface area contributed by atoms with Crippen LogP contribution in [0.3, 0.4) is 0 Å². The lowest BCUT2D eigenvalue weighted by Gasteiger charge is -2.19. The lowest BCUT2D eigenvalue weighted by atomic mass is 10.2. The Balaban J connectivity index is 1.99. The van der Waals surface area contributed by atoms with Gasteiger partial charge in [0, 0.05) is 0 Å². The van der Waals surface area contributed by atoms with E-state index in [0.717, 1.165) is 5.69 Å². The number of ether oxygens (including phenoxy) is 1. The Bertz CT molecular complexity index is 653. The van der Waals surface area contributed by atoms with E-state index in [4.69, 9.17) is 16.3 Å². The molecule has 22 heavy (non-hydrogen) atoms. The minimum Gasteiger partial charge on any atom is -0.444 e. The van der Waals surface area contributed by atoms with Gasteiger partial charge in [-0.3, -0.25) is 5.32 Å². The number of para-hydroxylation sites is 1. The van der Waals surface area contributed by atoms with E-state index in [-0.39, 0.29) is 0 Å². The third-order valence-corrected chi connectivity index (χ3v) is 2.76. The van der Waals surface area contributed by atoms with Crippen LogP contribution in [0, 0.1) is 0 Å². The second-order valence-corrected chi connectivity index (χ2v) is 5.94. The van der Waals surface area contributed by atoms with E-state index in [1.807, 2.05) is 18.2 Å². The highest BCUT2D eigenvalue weighted by Crippen LogP contribution is 2.23. The first kappa shape index (κ1) is 16.0. The van der Waals surface area contributed by atoms with Crippen LogP contribution in [0.15, 0.2) is 36.4 Å². The van der Waals surface area contributed by atoms with Gasteiger partial charge in [-0.15, -0.1) is 10.2 Å². The normalized spacial score (nSPS) is 10.9. The fourth-order valence-electron chi connectivity index (χ4n) is 1.57. The number of hydrogen-bond donors (Lipinski definition) is 2. The zero-order valence-electron chi connectivity index (χ0n) is 12.6. The Kier molecular flexibility index (Phi) is 4.82. The Morgan fingerprint density at radius 1 is 1.09 bits per heavy atom. The third-order valence-electron chi connectivity index (χ3n) is 2.43. The number of carbonyl (C=O) groups is 1. The number of benzene rings is 1. The van der Waals surface area contributed by atoms with Crippen molar-refractivity contribution in [3.8, 4) is 0 Å². The Hall–Kier alpha value is -2.34. The van der Waals surface area contributed by atoms with Gasteiger partial charge in [0.2, 0.25) is 0 Å².